The summed E-state index contributed by atoms with van der Waals surface area (Å²) in [6.07, 6.45) is 0. The van der Waals surface area contributed by atoms with Gasteiger partial charge in [-0.2, -0.15) is 0 Å². The molecule has 9 heavy (non-hydrogen) atoms. The fourth-order valence-electron chi connectivity index (χ4n) is 0.412. The molecule has 0 saturated carbocycles. The molecule has 0 atom stereocenters. The van der Waals surface area contributed by atoms with Crippen molar-refractivity contribution in [3.8, 4) is 0 Å². The molecule has 3 heteroatoms. The Morgan fingerprint density at radius 2 is 2.33 bits per heavy atom. The largest absolute Gasteiger partial charge is 0.234 e. The molecule has 0 aliphatic rings. The summed E-state index contributed by atoms with van der Waals surface area (Å²) in [5, 5.41) is 0. The standard InChI is InChI=1S/C6H5Br2N/c1-4-2-3-5(7)9-6(4)8/h2-3H,1H3/i1D3. The Kier molecular flexibility index (Phi) is 1.27. The number of aromatic nitrogens is 1. The zero-order valence-electron chi connectivity index (χ0n) is 7.36. The van der Waals surface area contributed by atoms with Crippen molar-refractivity contribution in [3.63, 3.8) is 0 Å². The Bertz CT molecular complexity index is 297. The van der Waals surface area contributed by atoms with Crippen LogP contribution >= 0.6 is 31.9 Å². The topological polar surface area (TPSA) is 12.9 Å². The molecular formula is C6H5Br2N. The van der Waals surface area contributed by atoms with E-state index in [0.29, 0.717) is 9.21 Å². The number of nitrogens with zero attached hydrogens (tertiary/aromatic N) is 1. The van der Waals surface area contributed by atoms with Crippen LogP contribution in [0.1, 0.15) is 9.68 Å². The lowest BCUT2D eigenvalue weighted by molar-refractivity contribution is 1.18. The van der Waals surface area contributed by atoms with Gasteiger partial charge in [0.1, 0.15) is 9.21 Å². The van der Waals surface area contributed by atoms with E-state index in [1.54, 1.807) is 6.07 Å². The third-order valence-corrected chi connectivity index (χ3v) is 1.86. The Balaban J connectivity index is 3.19. The molecule has 0 amide bonds. The van der Waals surface area contributed by atoms with Crippen LogP contribution in [0, 0.1) is 6.85 Å². The van der Waals surface area contributed by atoms with E-state index >= 15 is 0 Å². The average Bonchev–Trinajstić information content (AvgIpc) is 1.83. The highest BCUT2D eigenvalue weighted by Gasteiger charge is 1.93. The normalized spacial score (nSPS) is 16.0. The smallest absolute Gasteiger partial charge is 0.110 e. The lowest BCUT2D eigenvalue weighted by Gasteiger charge is -1.94. The second-order valence-corrected chi connectivity index (χ2v) is 3.04. The van der Waals surface area contributed by atoms with Crippen molar-refractivity contribution in [1.82, 2.24) is 4.98 Å². The summed E-state index contributed by atoms with van der Waals surface area (Å²) in [6.45, 7) is -2.10. The van der Waals surface area contributed by atoms with Crippen LogP contribution in [-0.4, -0.2) is 4.98 Å². The number of pyridine rings is 1. The molecule has 0 bridgehead atoms. The quantitative estimate of drug-likeness (QED) is 0.648. The minimum atomic E-state index is -2.10. The molecule has 0 unspecified atom stereocenters. The number of hydrogen-bond donors (Lipinski definition) is 0. The third kappa shape index (κ3) is 1.76. The highest BCUT2D eigenvalue weighted by atomic mass is 79.9. The maximum absolute atomic E-state index is 7.13. The summed E-state index contributed by atoms with van der Waals surface area (Å²) in [5.74, 6) is 0. The molecule has 0 N–H and O–H groups in total. The van der Waals surface area contributed by atoms with Gasteiger partial charge in [0, 0.05) is 4.11 Å². The van der Waals surface area contributed by atoms with E-state index in [9.17, 15) is 0 Å². The van der Waals surface area contributed by atoms with Crippen LogP contribution in [0.15, 0.2) is 21.3 Å². The monoisotopic (exact) mass is 252 g/mol. The molecule has 1 aromatic rings. The molecule has 1 nitrogen and oxygen atoms in total. The van der Waals surface area contributed by atoms with Crippen molar-refractivity contribution in [1.29, 1.82) is 0 Å². The van der Waals surface area contributed by atoms with E-state index in [1.165, 1.54) is 6.07 Å². The van der Waals surface area contributed by atoms with Crippen molar-refractivity contribution < 1.29 is 4.11 Å². The van der Waals surface area contributed by atoms with Gasteiger partial charge in [0.2, 0.25) is 0 Å². The first kappa shape index (κ1) is 4.09. The number of rotatable bonds is 0. The predicted octanol–water partition coefficient (Wildman–Crippen LogP) is 2.92. The SMILES string of the molecule is [2H]C([2H])([2H])c1ccc(Br)nc1Br. The Labute approximate surface area is 75.0 Å². The maximum Gasteiger partial charge on any atom is 0.110 e. The van der Waals surface area contributed by atoms with Gasteiger partial charge in [-0.05, 0) is 50.3 Å². The van der Waals surface area contributed by atoms with Crippen LogP contribution in [0.2, 0.25) is 0 Å². The Morgan fingerprint density at radius 3 is 2.89 bits per heavy atom. The molecular weight excluding hydrogens is 246 g/mol. The highest BCUT2D eigenvalue weighted by molar-refractivity contribution is 9.11. The zero-order valence-corrected chi connectivity index (χ0v) is 7.53. The Hall–Kier alpha value is 0.110. The second-order valence-electron chi connectivity index (χ2n) is 1.47. The molecule has 1 rings (SSSR count). The minimum absolute atomic E-state index is 0.228. The van der Waals surface area contributed by atoms with Crippen LogP contribution in [0.4, 0.5) is 0 Å². The van der Waals surface area contributed by atoms with Crippen LogP contribution < -0.4 is 0 Å². The van der Waals surface area contributed by atoms with Crippen LogP contribution in [0.25, 0.3) is 0 Å². The van der Waals surface area contributed by atoms with Gasteiger partial charge in [0.05, 0.1) is 0 Å². The van der Waals surface area contributed by atoms with E-state index in [-0.39, 0.29) is 5.56 Å². The van der Waals surface area contributed by atoms with Crippen molar-refractivity contribution in [3.05, 3.63) is 26.9 Å². The van der Waals surface area contributed by atoms with Crippen LogP contribution in [0.5, 0.6) is 0 Å². The summed E-state index contributed by atoms with van der Waals surface area (Å²) in [4.78, 5) is 3.91. The average molecular weight is 254 g/mol. The third-order valence-electron chi connectivity index (χ3n) is 0.815. The molecule has 0 spiro atoms. The summed E-state index contributed by atoms with van der Waals surface area (Å²) in [6, 6.07) is 3.13. The molecule has 0 aliphatic carbocycles. The van der Waals surface area contributed by atoms with Gasteiger partial charge in [-0.3, -0.25) is 0 Å². The molecule has 1 aromatic heterocycles. The minimum Gasteiger partial charge on any atom is -0.234 e. The van der Waals surface area contributed by atoms with Gasteiger partial charge in [-0.25, -0.2) is 4.98 Å². The first-order valence-electron chi connectivity index (χ1n) is 3.74. The van der Waals surface area contributed by atoms with Gasteiger partial charge in [-0.1, -0.05) is 6.07 Å². The highest BCUT2D eigenvalue weighted by Crippen LogP contribution is 2.15. The van der Waals surface area contributed by atoms with Gasteiger partial charge in [-0.15, -0.1) is 0 Å². The lowest BCUT2D eigenvalue weighted by atomic mass is 10.3. The van der Waals surface area contributed by atoms with E-state index in [4.69, 9.17) is 4.11 Å². The first-order chi connectivity index (χ1) is 5.41. The lowest BCUT2D eigenvalue weighted by Crippen LogP contribution is -1.80. The van der Waals surface area contributed by atoms with Gasteiger partial charge in [0.15, 0.2) is 0 Å². The fraction of sp³-hybridized carbons (Fsp3) is 0.167. The number of halogens is 2. The summed E-state index contributed by atoms with van der Waals surface area (Å²) >= 11 is 6.22. The van der Waals surface area contributed by atoms with Gasteiger partial charge < -0.3 is 0 Å². The molecule has 48 valence electrons. The Morgan fingerprint density at radius 1 is 1.56 bits per heavy atom. The maximum atomic E-state index is 7.13. The second kappa shape index (κ2) is 2.80. The molecule has 1 heterocycles. The van der Waals surface area contributed by atoms with Gasteiger partial charge in [0.25, 0.3) is 0 Å². The van der Waals surface area contributed by atoms with Crippen molar-refractivity contribution in [2.75, 3.05) is 0 Å². The fourth-order valence-corrected chi connectivity index (χ4v) is 1.28. The molecule has 0 fully saturated rings. The van der Waals surface area contributed by atoms with E-state index < -0.39 is 6.85 Å². The summed E-state index contributed by atoms with van der Waals surface area (Å²) in [7, 11) is 0. The van der Waals surface area contributed by atoms with Crippen molar-refractivity contribution in [2.45, 2.75) is 6.85 Å². The number of hydrogen-bond acceptors (Lipinski definition) is 1. The zero-order chi connectivity index (χ0) is 9.35. The van der Waals surface area contributed by atoms with Gasteiger partial charge >= 0.3 is 0 Å². The molecule has 0 aromatic carbocycles. The van der Waals surface area contributed by atoms with E-state index in [0.717, 1.165) is 0 Å². The summed E-state index contributed by atoms with van der Waals surface area (Å²) in [5.41, 5.74) is 0.228. The molecule has 0 saturated heterocycles. The van der Waals surface area contributed by atoms with Crippen LogP contribution in [-0.2, 0) is 0 Å². The first-order valence-corrected chi connectivity index (χ1v) is 3.82. The van der Waals surface area contributed by atoms with Crippen molar-refractivity contribution in [2.24, 2.45) is 0 Å². The summed E-state index contributed by atoms with van der Waals surface area (Å²) < 4.78 is 22.4. The molecule has 0 aliphatic heterocycles. The molecule has 0 radical (unpaired) electrons. The predicted molar refractivity (Wildman–Crippen MR) is 44.4 cm³/mol. The van der Waals surface area contributed by atoms with Crippen molar-refractivity contribution >= 4 is 31.9 Å². The number of aryl methyl sites for hydroxylation is 1. The van der Waals surface area contributed by atoms with E-state index in [2.05, 4.69) is 36.8 Å². The van der Waals surface area contributed by atoms with E-state index in [1.807, 2.05) is 0 Å². The van der Waals surface area contributed by atoms with Crippen LogP contribution in [0.3, 0.4) is 0 Å².